The summed E-state index contributed by atoms with van der Waals surface area (Å²) in [6.07, 6.45) is 0. The maximum atomic E-state index is 12.9. The van der Waals surface area contributed by atoms with Crippen LogP contribution < -0.4 is 20.1 Å². The fraction of sp³-hybridized carbons (Fsp3) is 0.333. The Morgan fingerprint density at radius 2 is 1.92 bits per heavy atom. The number of sulfonamides is 1. The van der Waals surface area contributed by atoms with Crippen molar-refractivity contribution < 1.29 is 27.4 Å². The van der Waals surface area contributed by atoms with Gasteiger partial charge in [0.25, 0.3) is 5.91 Å². The molecule has 0 unspecified atom stereocenters. The molecule has 1 fully saturated rings. The van der Waals surface area contributed by atoms with E-state index in [-0.39, 0.29) is 17.4 Å². The van der Waals surface area contributed by atoms with Gasteiger partial charge in [-0.2, -0.15) is 4.31 Å². The number of benzene rings is 2. The second-order valence-electron chi connectivity index (χ2n) is 7.98. The molecule has 192 valence electrons. The van der Waals surface area contributed by atoms with E-state index in [9.17, 15) is 13.2 Å². The molecule has 1 aromatic heterocycles. The summed E-state index contributed by atoms with van der Waals surface area (Å²) in [6, 6.07) is 10.0. The van der Waals surface area contributed by atoms with Gasteiger partial charge in [0.15, 0.2) is 11.7 Å². The third kappa shape index (κ3) is 5.78. The molecule has 2 heterocycles. The van der Waals surface area contributed by atoms with Gasteiger partial charge in [-0.15, -0.1) is 11.3 Å². The van der Waals surface area contributed by atoms with Gasteiger partial charge in [-0.25, -0.2) is 13.4 Å². The molecule has 3 aromatic rings. The van der Waals surface area contributed by atoms with E-state index in [2.05, 4.69) is 15.6 Å². The van der Waals surface area contributed by atoms with Crippen LogP contribution in [0.5, 0.6) is 11.5 Å². The lowest BCUT2D eigenvalue weighted by Crippen LogP contribution is -2.40. The average Bonchev–Trinajstić information content (AvgIpc) is 3.38. The zero-order valence-corrected chi connectivity index (χ0v) is 21.9. The van der Waals surface area contributed by atoms with Gasteiger partial charge in [0.1, 0.15) is 11.5 Å². The van der Waals surface area contributed by atoms with E-state index in [1.807, 2.05) is 11.4 Å². The van der Waals surface area contributed by atoms with Crippen LogP contribution in [0, 0.1) is 6.92 Å². The van der Waals surface area contributed by atoms with E-state index in [1.165, 1.54) is 28.8 Å². The van der Waals surface area contributed by atoms with Crippen molar-refractivity contribution in [2.24, 2.45) is 0 Å². The van der Waals surface area contributed by atoms with Crippen LogP contribution in [0.15, 0.2) is 46.7 Å². The Balaban J connectivity index is 1.42. The van der Waals surface area contributed by atoms with Gasteiger partial charge in [-0.05, 0) is 48.9 Å². The van der Waals surface area contributed by atoms with E-state index in [0.717, 1.165) is 16.4 Å². The fourth-order valence-electron chi connectivity index (χ4n) is 3.70. The van der Waals surface area contributed by atoms with Crippen LogP contribution in [0.4, 0.5) is 10.8 Å². The lowest BCUT2D eigenvalue weighted by Gasteiger charge is -2.26. The van der Waals surface area contributed by atoms with Gasteiger partial charge in [0.05, 0.1) is 36.6 Å². The summed E-state index contributed by atoms with van der Waals surface area (Å²) in [6.45, 7) is 2.88. The number of ether oxygens (including phenoxy) is 3. The zero-order chi connectivity index (χ0) is 25.7. The molecule has 36 heavy (non-hydrogen) atoms. The van der Waals surface area contributed by atoms with Crippen LogP contribution in [0.1, 0.15) is 5.56 Å². The molecule has 0 aliphatic carbocycles. The number of nitrogens with one attached hydrogen (secondary N) is 2. The number of anilines is 2. The van der Waals surface area contributed by atoms with Gasteiger partial charge in [0, 0.05) is 31.1 Å². The van der Waals surface area contributed by atoms with E-state index in [0.29, 0.717) is 49.1 Å². The summed E-state index contributed by atoms with van der Waals surface area (Å²) in [5.74, 6) is 0.544. The molecule has 10 nitrogen and oxygen atoms in total. The number of aromatic nitrogens is 1. The second kappa shape index (κ2) is 11.2. The van der Waals surface area contributed by atoms with Crippen LogP contribution in [0.2, 0.25) is 0 Å². The minimum atomic E-state index is -3.61. The summed E-state index contributed by atoms with van der Waals surface area (Å²) in [4.78, 5) is 17.3. The average molecular weight is 533 g/mol. The Hall–Kier alpha value is -3.19. The number of rotatable bonds is 9. The molecule has 4 rings (SSSR count). The Kier molecular flexibility index (Phi) is 8.09. The smallest absolute Gasteiger partial charge is 0.262 e. The maximum Gasteiger partial charge on any atom is 0.262 e. The summed E-state index contributed by atoms with van der Waals surface area (Å²) < 4.78 is 43.5. The topological polar surface area (TPSA) is 119 Å². The minimum absolute atomic E-state index is 0.184. The first kappa shape index (κ1) is 25.9. The Morgan fingerprint density at radius 3 is 2.58 bits per heavy atom. The van der Waals surface area contributed by atoms with Crippen LogP contribution in [-0.2, 0) is 19.6 Å². The summed E-state index contributed by atoms with van der Waals surface area (Å²) in [5, 5.41) is 8.54. The molecule has 0 bridgehead atoms. The predicted octanol–water partition coefficient (Wildman–Crippen LogP) is 3.21. The van der Waals surface area contributed by atoms with E-state index < -0.39 is 10.0 Å². The lowest BCUT2D eigenvalue weighted by molar-refractivity contribution is -0.118. The van der Waals surface area contributed by atoms with Crippen molar-refractivity contribution in [3.8, 4) is 22.8 Å². The van der Waals surface area contributed by atoms with Gasteiger partial charge in [0.2, 0.25) is 10.0 Å². The third-order valence-electron chi connectivity index (χ3n) is 5.60. The Bertz CT molecular complexity index is 1340. The number of hydrogen-bond acceptors (Lipinski definition) is 9. The molecule has 0 spiro atoms. The summed E-state index contributed by atoms with van der Waals surface area (Å²) in [5.41, 5.74) is 2.71. The molecular formula is C24H28N4O6S2. The zero-order valence-electron chi connectivity index (χ0n) is 20.2. The molecule has 1 aliphatic heterocycles. The highest BCUT2D eigenvalue weighted by Gasteiger charge is 2.26. The molecule has 0 saturated carbocycles. The van der Waals surface area contributed by atoms with Crippen molar-refractivity contribution in [2.75, 3.05) is 57.7 Å². The van der Waals surface area contributed by atoms with Crippen LogP contribution in [0.3, 0.4) is 0 Å². The molecular weight excluding hydrogens is 504 g/mol. The predicted molar refractivity (Wildman–Crippen MR) is 139 cm³/mol. The van der Waals surface area contributed by atoms with E-state index in [1.54, 1.807) is 38.2 Å². The number of aryl methyl sites for hydroxylation is 1. The van der Waals surface area contributed by atoms with Gasteiger partial charge in [-0.3, -0.25) is 4.79 Å². The largest absolute Gasteiger partial charge is 0.495 e. The van der Waals surface area contributed by atoms with Crippen molar-refractivity contribution in [2.45, 2.75) is 11.8 Å². The van der Waals surface area contributed by atoms with Crippen molar-refractivity contribution in [3.05, 3.63) is 47.3 Å². The fourth-order valence-corrected chi connectivity index (χ4v) is 5.87. The normalized spacial score (nSPS) is 14.3. The number of morpholine rings is 1. The molecule has 12 heteroatoms. The van der Waals surface area contributed by atoms with Gasteiger partial charge >= 0.3 is 0 Å². The van der Waals surface area contributed by atoms with Gasteiger partial charge < -0.3 is 24.8 Å². The number of carbonyl (C=O) groups is 1. The molecule has 1 saturated heterocycles. The number of methoxy groups -OCH3 is 1. The van der Waals surface area contributed by atoms with Crippen molar-refractivity contribution >= 4 is 38.1 Å². The standard InChI is InChI=1S/C24H28N4O6S2/c1-16-12-18(36(30,31)28-8-10-33-11-9-28)5-7-21(16)34-14-23(29)26-19-13-17(4-6-22(19)32-3)20-15-35-24(25-2)27-20/h4-7,12-13,15H,8-11,14H2,1-3H3,(H,25,27)(H,26,29). The van der Waals surface area contributed by atoms with E-state index in [4.69, 9.17) is 14.2 Å². The number of thiazole rings is 1. The summed E-state index contributed by atoms with van der Waals surface area (Å²) in [7, 11) is -0.279. The van der Waals surface area contributed by atoms with Crippen LogP contribution >= 0.6 is 11.3 Å². The number of hydrogen-bond donors (Lipinski definition) is 2. The van der Waals surface area contributed by atoms with Crippen molar-refractivity contribution in [1.82, 2.24) is 9.29 Å². The van der Waals surface area contributed by atoms with Crippen molar-refractivity contribution in [1.29, 1.82) is 0 Å². The first-order valence-corrected chi connectivity index (χ1v) is 13.6. The van der Waals surface area contributed by atoms with Crippen LogP contribution in [0.25, 0.3) is 11.3 Å². The first-order chi connectivity index (χ1) is 17.3. The number of carbonyl (C=O) groups excluding carboxylic acids is 1. The quantitative estimate of drug-likeness (QED) is 0.431. The second-order valence-corrected chi connectivity index (χ2v) is 10.8. The maximum absolute atomic E-state index is 12.9. The third-order valence-corrected chi connectivity index (χ3v) is 8.35. The van der Waals surface area contributed by atoms with Gasteiger partial charge in [-0.1, -0.05) is 0 Å². The molecule has 1 aliphatic rings. The minimum Gasteiger partial charge on any atom is -0.495 e. The highest BCUT2D eigenvalue weighted by Crippen LogP contribution is 2.32. The highest BCUT2D eigenvalue weighted by molar-refractivity contribution is 7.89. The van der Waals surface area contributed by atoms with Crippen molar-refractivity contribution in [3.63, 3.8) is 0 Å². The van der Waals surface area contributed by atoms with Crippen LogP contribution in [-0.4, -0.2) is 70.7 Å². The monoisotopic (exact) mass is 532 g/mol. The number of nitrogens with zero attached hydrogens (tertiary/aromatic N) is 2. The molecule has 2 N–H and O–H groups in total. The first-order valence-electron chi connectivity index (χ1n) is 11.2. The molecule has 1 amide bonds. The Labute approximate surface area is 214 Å². The molecule has 2 aromatic carbocycles. The molecule has 0 atom stereocenters. The lowest BCUT2D eigenvalue weighted by atomic mass is 10.1. The SMILES string of the molecule is CNc1nc(-c2ccc(OC)c(NC(=O)COc3ccc(S(=O)(=O)N4CCOCC4)cc3C)c2)cs1. The molecule has 0 radical (unpaired) electrons. The highest BCUT2D eigenvalue weighted by atomic mass is 32.2. The number of amides is 1. The summed E-state index contributed by atoms with van der Waals surface area (Å²) >= 11 is 1.48. The Morgan fingerprint density at radius 1 is 1.17 bits per heavy atom. The van der Waals surface area contributed by atoms with E-state index >= 15 is 0 Å².